The predicted molar refractivity (Wildman–Crippen MR) is 79.9 cm³/mol. The molecular weight excluding hydrogens is 236 g/mol. The zero-order valence-corrected chi connectivity index (χ0v) is 12.4. The molecule has 2 rings (SSSR count). The van der Waals surface area contributed by atoms with Gasteiger partial charge in [-0.2, -0.15) is 0 Å². The van der Waals surface area contributed by atoms with E-state index in [0.29, 0.717) is 0 Å². The van der Waals surface area contributed by atoms with E-state index in [-0.39, 0.29) is 0 Å². The molecule has 19 heavy (non-hydrogen) atoms. The third kappa shape index (κ3) is 4.51. The third-order valence-corrected chi connectivity index (χ3v) is 3.73. The maximum Gasteiger partial charge on any atom is 0.119 e. The number of likely N-dealkylation sites (tertiary alicyclic amines) is 1. The van der Waals surface area contributed by atoms with E-state index >= 15 is 0 Å². The summed E-state index contributed by atoms with van der Waals surface area (Å²) in [5.41, 5.74) is 2.54. The van der Waals surface area contributed by atoms with Crippen LogP contribution < -0.4 is 10.1 Å². The highest BCUT2D eigenvalue weighted by Gasteiger charge is 2.21. The molecule has 1 aromatic rings. The summed E-state index contributed by atoms with van der Waals surface area (Å²) >= 11 is 0. The number of ether oxygens (including phenoxy) is 1. The lowest BCUT2D eigenvalue weighted by Crippen LogP contribution is -2.28. The van der Waals surface area contributed by atoms with Crippen molar-refractivity contribution in [3.63, 3.8) is 0 Å². The summed E-state index contributed by atoms with van der Waals surface area (Å²) in [7, 11) is 2.03. The molecule has 0 aliphatic carbocycles. The fourth-order valence-corrected chi connectivity index (χ4v) is 2.88. The van der Waals surface area contributed by atoms with E-state index in [2.05, 4.69) is 42.3 Å². The van der Waals surface area contributed by atoms with Gasteiger partial charge >= 0.3 is 0 Å². The van der Waals surface area contributed by atoms with E-state index in [1.54, 1.807) is 0 Å². The highest BCUT2D eigenvalue weighted by atomic mass is 16.5. The van der Waals surface area contributed by atoms with Crippen molar-refractivity contribution in [3.8, 4) is 5.75 Å². The average Bonchev–Trinajstić information content (AvgIpc) is 2.76. The first-order chi connectivity index (χ1) is 9.17. The Morgan fingerprint density at radius 2 is 2.00 bits per heavy atom. The predicted octanol–water partition coefficient (Wildman–Crippen LogP) is 2.22. The molecule has 0 bridgehead atoms. The Balaban J connectivity index is 1.72. The van der Waals surface area contributed by atoms with E-state index in [1.807, 2.05) is 7.05 Å². The van der Waals surface area contributed by atoms with Gasteiger partial charge in [0.1, 0.15) is 12.4 Å². The molecule has 1 saturated heterocycles. The first-order valence-corrected chi connectivity index (χ1v) is 7.25. The maximum atomic E-state index is 5.87. The van der Waals surface area contributed by atoms with E-state index in [9.17, 15) is 0 Å². The summed E-state index contributed by atoms with van der Waals surface area (Å²) in [6, 6.07) is 6.40. The van der Waals surface area contributed by atoms with Crippen LogP contribution in [0.1, 0.15) is 17.5 Å². The van der Waals surface area contributed by atoms with E-state index < -0.39 is 0 Å². The first kappa shape index (κ1) is 14.4. The molecule has 1 aromatic carbocycles. The molecule has 0 aromatic heterocycles. The van der Waals surface area contributed by atoms with E-state index in [1.165, 1.54) is 30.6 Å². The molecule has 1 atom stereocenters. The SMILES string of the molecule is CNCC1CCN(CCOc2cc(C)cc(C)c2)C1. The zero-order chi connectivity index (χ0) is 13.7. The van der Waals surface area contributed by atoms with Crippen molar-refractivity contribution < 1.29 is 4.74 Å². The smallest absolute Gasteiger partial charge is 0.119 e. The quantitative estimate of drug-likeness (QED) is 0.851. The minimum Gasteiger partial charge on any atom is -0.492 e. The lowest BCUT2D eigenvalue weighted by atomic mass is 10.1. The van der Waals surface area contributed by atoms with Crippen LogP contribution in [-0.2, 0) is 0 Å². The number of benzene rings is 1. The monoisotopic (exact) mass is 262 g/mol. The lowest BCUT2D eigenvalue weighted by Gasteiger charge is -2.16. The zero-order valence-electron chi connectivity index (χ0n) is 12.4. The van der Waals surface area contributed by atoms with Crippen molar-refractivity contribution in [2.45, 2.75) is 20.3 Å². The van der Waals surface area contributed by atoms with Gasteiger partial charge in [0.15, 0.2) is 0 Å². The molecule has 0 amide bonds. The molecule has 0 spiro atoms. The highest BCUT2D eigenvalue weighted by molar-refractivity contribution is 5.32. The second-order valence-electron chi connectivity index (χ2n) is 5.68. The summed E-state index contributed by atoms with van der Waals surface area (Å²) in [6.45, 7) is 9.60. The van der Waals surface area contributed by atoms with Crippen LogP contribution in [0.5, 0.6) is 5.75 Å². The van der Waals surface area contributed by atoms with Gasteiger partial charge < -0.3 is 10.1 Å². The molecule has 106 valence electrons. The molecule has 1 fully saturated rings. The number of hydrogen-bond donors (Lipinski definition) is 1. The van der Waals surface area contributed by atoms with Crippen molar-refractivity contribution in [1.29, 1.82) is 0 Å². The van der Waals surface area contributed by atoms with Crippen LogP contribution in [0, 0.1) is 19.8 Å². The highest BCUT2D eigenvalue weighted by Crippen LogP contribution is 2.17. The molecule has 3 nitrogen and oxygen atoms in total. The Labute approximate surface area is 116 Å². The van der Waals surface area contributed by atoms with Gasteiger partial charge in [-0.3, -0.25) is 4.90 Å². The van der Waals surface area contributed by atoms with E-state index in [0.717, 1.165) is 31.4 Å². The molecule has 3 heteroatoms. The third-order valence-electron chi connectivity index (χ3n) is 3.73. The Bertz CT molecular complexity index is 385. The van der Waals surface area contributed by atoms with E-state index in [4.69, 9.17) is 4.74 Å². The molecule has 1 N–H and O–H groups in total. The molecule has 1 aliphatic rings. The Kier molecular flexibility index (Phi) is 5.23. The minimum atomic E-state index is 0.787. The van der Waals surface area contributed by atoms with Crippen LogP contribution in [0.4, 0.5) is 0 Å². The normalized spacial score (nSPS) is 19.8. The maximum absolute atomic E-state index is 5.87. The second kappa shape index (κ2) is 6.92. The van der Waals surface area contributed by atoms with Gasteiger partial charge in [-0.05, 0) is 69.6 Å². The first-order valence-electron chi connectivity index (χ1n) is 7.25. The molecule has 1 unspecified atom stereocenters. The van der Waals surface area contributed by atoms with Crippen LogP contribution in [0.3, 0.4) is 0 Å². The van der Waals surface area contributed by atoms with Crippen LogP contribution in [0.25, 0.3) is 0 Å². The number of rotatable bonds is 6. The summed E-state index contributed by atoms with van der Waals surface area (Å²) < 4.78 is 5.87. The van der Waals surface area contributed by atoms with Crippen molar-refractivity contribution >= 4 is 0 Å². The number of nitrogens with one attached hydrogen (secondary N) is 1. The standard InChI is InChI=1S/C16H26N2O/c1-13-8-14(2)10-16(9-13)19-7-6-18-5-4-15(12-18)11-17-3/h8-10,15,17H,4-7,11-12H2,1-3H3. The summed E-state index contributed by atoms with van der Waals surface area (Å²) in [5.74, 6) is 1.81. The Morgan fingerprint density at radius 1 is 1.26 bits per heavy atom. The summed E-state index contributed by atoms with van der Waals surface area (Å²) in [4.78, 5) is 2.50. The van der Waals surface area contributed by atoms with Crippen LogP contribution >= 0.6 is 0 Å². The van der Waals surface area contributed by atoms with Crippen molar-refractivity contribution in [2.75, 3.05) is 39.8 Å². The number of nitrogens with zero attached hydrogens (tertiary/aromatic N) is 1. The van der Waals surface area contributed by atoms with Crippen molar-refractivity contribution in [2.24, 2.45) is 5.92 Å². The van der Waals surface area contributed by atoms with Gasteiger partial charge in [0.05, 0.1) is 0 Å². The summed E-state index contributed by atoms with van der Waals surface area (Å²) in [5, 5.41) is 3.27. The lowest BCUT2D eigenvalue weighted by molar-refractivity contribution is 0.232. The van der Waals surface area contributed by atoms with Gasteiger partial charge in [-0.15, -0.1) is 0 Å². The van der Waals surface area contributed by atoms with Crippen molar-refractivity contribution in [3.05, 3.63) is 29.3 Å². The van der Waals surface area contributed by atoms with Gasteiger partial charge in [-0.25, -0.2) is 0 Å². The fraction of sp³-hybridized carbons (Fsp3) is 0.625. The molecule has 0 radical (unpaired) electrons. The van der Waals surface area contributed by atoms with Gasteiger partial charge in [0, 0.05) is 13.1 Å². The topological polar surface area (TPSA) is 24.5 Å². The molecule has 1 aliphatic heterocycles. The molecule has 0 saturated carbocycles. The Hall–Kier alpha value is -1.06. The molecule has 1 heterocycles. The minimum absolute atomic E-state index is 0.787. The molecular formula is C16H26N2O. The Morgan fingerprint density at radius 3 is 2.68 bits per heavy atom. The van der Waals surface area contributed by atoms with Gasteiger partial charge in [-0.1, -0.05) is 6.07 Å². The number of aryl methyl sites for hydroxylation is 2. The van der Waals surface area contributed by atoms with Gasteiger partial charge in [0.2, 0.25) is 0 Å². The van der Waals surface area contributed by atoms with Crippen LogP contribution in [-0.4, -0.2) is 44.7 Å². The number of hydrogen-bond acceptors (Lipinski definition) is 3. The van der Waals surface area contributed by atoms with Crippen molar-refractivity contribution in [1.82, 2.24) is 10.2 Å². The fourth-order valence-electron chi connectivity index (χ4n) is 2.88. The van der Waals surface area contributed by atoms with Gasteiger partial charge in [0.25, 0.3) is 0 Å². The largest absolute Gasteiger partial charge is 0.492 e. The summed E-state index contributed by atoms with van der Waals surface area (Å²) in [6.07, 6.45) is 1.31. The average molecular weight is 262 g/mol. The second-order valence-corrected chi connectivity index (χ2v) is 5.68. The van der Waals surface area contributed by atoms with Crippen LogP contribution in [0.15, 0.2) is 18.2 Å². The van der Waals surface area contributed by atoms with Crippen LogP contribution in [0.2, 0.25) is 0 Å².